The summed E-state index contributed by atoms with van der Waals surface area (Å²) >= 11 is 0. The molecule has 0 unspecified atom stereocenters. The molecule has 0 radical (unpaired) electrons. The number of hydrogen-bond donors (Lipinski definition) is 0. The number of aryl methyl sites for hydroxylation is 2. The Morgan fingerprint density at radius 1 is 1.30 bits per heavy atom. The number of nitriles is 1. The van der Waals surface area contributed by atoms with E-state index < -0.39 is 0 Å². The van der Waals surface area contributed by atoms with Gasteiger partial charge in [-0.2, -0.15) is 5.26 Å². The number of benzene rings is 1. The van der Waals surface area contributed by atoms with Crippen LogP contribution in [0.4, 0.5) is 0 Å². The van der Waals surface area contributed by atoms with Crippen LogP contribution < -0.4 is 0 Å². The van der Waals surface area contributed by atoms with Crippen LogP contribution >= 0.6 is 0 Å². The topological polar surface area (TPSA) is 57.2 Å². The summed E-state index contributed by atoms with van der Waals surface area (Å²) in [4.78, 5) is 14.0. The highest BCUT2D eigenvalue weighted by atomic mass is 16.3. The van der Waals surface area contributed by atoms with Crippen molar-refractivity contribution >= 4 is 5.91 Å². The van der Waals surface area contributed by atoms with Crippen LogP contribution in [-0.4, -0.2) is 17.4 Å². The van der Waals surface area contributed by atoms with Gasteiger partial charge in [0.25, 0.3) is 5.91 Å². The lowest BCUT2D eigenvalue weighted by molar-refractivity contribution is 0.0763. The smallest absolute Gasteiger partial charge is 0.258 e. The van der Waals surface area contributed by atoms with E-state index in [1.165, 1.54) is 4.90 Å². The molecule has 1 heterocycles. The van der Waals surface area contributed by atoms with Gasteiger partial charge in [-0.15, -0.1) is 0 Å². The van der Waals surface area contributed by atoms with Crippen molar-refractivity contribution in [2.24, 2.45) is 0 Å². The molecule has 1 amide bonds. The maximum atomic E-state index is 12.5. The van der Waals surface area contributed by atoms with Gasteiger partial charge in [0, 0.05) is 6.54 Å². The van der Waals surface area contributed by atoms with E-state index in [1.807, 2.05) is 36.4 Å². The van der Waals surface area contributed by atoms with E-state index in [1.54, 1.807) is 19.9 Å². The Bertz CT molecular complexity index is 638. The molecule has 1 aromatic heterocycles. The lowest BCUT2D eigenvalue weighted by Crippen LogP contribution is -2.31. The van der Waals surface area contributed by atoms with Gasteiger partial charge >= 0.3 is 0 Å². The minimum Gasteiger partial charge on any atom is -0.466 e. The number of rotatable bonds is 4. The van der Waals surface area contributed by atoms with E-state index in [0.29, 0.717) is 23.6 Å². The Morgan fingerprint density at radius 3 is 2.55 bits per heavy atom. The first-order valence-corrected chi connectivity index (χ1v) is 6.39. The van der Waals surface area contributed by atoms with Crippen LogP contribution in [0.5, 0.6) is 0 Å². The molecule has 0 bridgehead atoms. The molecule has 0 fully saturated rings. The first-order chi connectivity index (χ1) is 9.61. The van der Waals surface area contributed by atoms with Crippen molar-refractivity contribution in [3.63, 3.8) is 0 Å². The number of nitrogens with zero attached hydrogens (tertiary/aromatic N) is 2. The normalized spacial score (nSPS) is 10.1. The van der Waals surface area contributed by atoms with Gasteiger partial charge in [0.05, 0.1) is 11.6 Å². The van der Waals surface area contributed by atoms with E-state index in [2.05, 4.69) is 0 Å². The average molecular weight is 268 g/mol. The van der Waals surface area contributed by atoms with E-state index >= 15 is 0 Å². The molecule has 0 aliphatic heterocycles. The maximum Gasteiger partial charge on any atom is 0.258 e. The van der Waals surface area contributed by atoms with Gasteiger partial charge in [-0.1, -0.05) is 30.3 Å². The van der Waals surface area contributed by atoms with Crippen molar-refractivity contribution in [3.8, 4) is 6.07 Å². The molecule has 1 aromatic carbocycles. The number of furan rings is 1. The van der Waals surface area contributed by atoms with E-state index in [-0.39, 0.29) is 12.5 Å². The quantitative estimate of drug-likeness (QED) is 0.801. The first kappa shape index (κ1) is 13.9. The minimum atomic E-state index is -0.176. The SMILES string of the molecule is Cc1cc(C(=O)N(CC#N)Cc2ccccc2)c(C)o1. The van der Waals surface area contributed by atoms with Crippen LogP contribution in [0.1, 0.15) is 27.4 Å². The summed E-state index contributed by atoms with van der Waals surface area (Å²) in [6.45, 7) is 4.03. The Balaban J connectivity index is 2.23. The Hall–Kier alpha value is -2.54. The van der Waals surface area contributed by atoms with E-state index in [0.717, 1.165) is 5.56 Å². The minimum absolute atomic E-state index is 0.0530. The average Bonchev–Trinajstić information content (AvgIpc) is 2.77. The van der Waals surface area contributed by atoms with Crippen molar-refractivity contribution in [3.05, 3.63) is 59.0 Å². The zero-order chi connectivity index (χ0) is 14.5. The van der Waals surface area contributed by atoms with Gasteiger partial charge in [0.15, 0.2) is 0 Å². The second-order valence-corrected chi connectivity index (χ2v) is 4.63. The molecule has 0 aliphatic rings. The molecule has 0 aliphatic carbocycles. The third-order valence-corrected chi connectivity index (χ3v) is 3.04. The van der Waals surface area contributed by atoms with Crippen LogP contribution in [0.3, 0.4) is 0 Å². The summed E-state index contributed by atoms with van der Waals surface area (Å²) in [5.74, 6) is 1.11. The second-order valence-electron chi connectivity index (χ2n) is 4.63. The number of hydrogen-bond acceptors (Lipinski definition) is 3. The zero-order valence-corrected chi connectivity index (χ0v) is 11.6. The predicted molar refractivity (Wildman–Crippen MR) is 75.0 cm³/mol. The number of carbonyl (C=O) groups is 1. The lowest BCUT2D eigenvalue weighted by atomic mass is 10.1. The zero-order valence-electron chi connectivity index (χ0n) is 11.6. The third-order valence-electron chi connectivity index (χ3n) is 3.04. The molecule has 0 saturated heterocycles. The van der Waals surface area contributed by atoms with Crippen molar-refractivity contribution in [2.45, 2.75) is 20.4 Å². The molecule has 0 atom stereocenters. The van der Waals surface area contributed by atoms with Crippen LogP contribution in [0.25, 0.3) is 0 Å². The Labute approximate surface area is 118 Å². The van der Waals surface area contributed by atoms with Crippen LogP contribution in [-0.2, 0) is 6.54 Å². The molecular formula is C16H16N2O2. The lowest BCUT2D eigenvalue weighted by Gasteiger charge is -2.19. The molecule has 0 N–H and O–H groups in total. The monoisotopic (exact) mass is 268 g/mol. The molecule has 0 saturated carbocycles. The van der Waals surface area contributed by atoms with Gasteiger partial charge in [-0.25, -0.2) is 0 Å². The molecule has 2 aromatic rings. The van der Waals surface area contributed by atoms with Crippen molar-refractivity contribution in [2.75, 3.05) is 6.54 Å². The Kier molecular flexibility index (Phi) is 4.21. The number of carbonyl (C=O) groups excluding carboxylic acids is 1. The highest BCUT2D eigenvalue weighted by molar-refractivity contribution is 5.95. The highest BCUT2D eigenvalue weighted by Crippen LogP contribution is 2.17. The third kappa shape index (κ3) is 3.07. The maximum absolute atomic E-state index is 12.5. The standard InChI is InChI=1S/C16H16N2O2/c1-12-10-15(13(2)20-12)16(19)18(9-8-17)11-14-6-4-3-5-7-14/h3-7,10H,9,11H2,1-2H3. The van der Waals surface area contributed by atoms with Crippen LogP contribution in [0.2, 0.25) is 0 Å². The summed E-state index contributed by atoms with van der Waals surface area (Å²) in [5, 5.41) is 8.92. The van der Waals surface area contributed by atoms with Gasteiger partial charge in [-0.05, 0) is 25.5 Å². The predicted octanol–water partition coefficient (Wildman–Crippen LogP) is 3.06. The summed E-state index contributed by atoms with van der Waals surface area (Å²) in [7, 11) is 0. The fraction of sp³-hybridized carbons (Fsp3) is 0.250. The molecule has 4 nitrogen and oxygen atoms in total. The molecule has 102 valence electrons. The van der Waals surface area contributed by atoms with E-state index in [4.69, 9.17) is 9.68 Å². The highest BCUT2D eigenvalue weighted by Gasteiger charge is 2.20. The molecule has 20 heavy (non-hydrogen) atoms. The fourth-order valence-electron chi connectivity index (χ4n) is 2.10. The Morgan fingerprint density at radius 2 is 2.00 bits per heavy atom. The number of amides is 1. The first-order valence-electron chi connectivity index (χ1n) is 6.39. The molecule has 2 rings (SSSR count). The van der Waals surface area contributed by atoms with Gasteiger partial charge in [-0.3, -0.25) is 4.79 Å². The summed E-state index contributed by atoms with van der Waals surface area (Å²) in [5.41, 5.74) is 1.52. The van der Waals surface area contributed by atoms with Crippen molar-refractivity contribution < 1.29 is 9.21 Å². The largest absolute Gasteiger partial charge is 0.466 e. The van der Waals surface area contributed by atoms with Crippen molar-refractivity contribution in [1.82, 2.24) is 4.90 Å². The summed E-state index contributed by atoms with van der Waals surface area (Å²) < 4.78 is 5.38. The van der Waals surface area contributed by atoms with Gasteiger partial charge in [0.2, 0.25) is 0 Å². The molecular weight excluding hydrogens is 252 g/mol. The summed E-state index contributed by atoms with van der Waals surface area (Å²) in [6, 6.07) is 13.4. The van der Waals surface area contributed by atoms with E-state index in [9.17, 15) is 4.79 Å². The fourth-order valence-corrected chi connectivity index (χ4v) is 2.10. The van der Waals surface area contributed by atoms with Gasteiger partial charge < -0.3 is 9.32 Å². The van der Waals surface area contributed by atoms with Crippen LogP contribution in [0.15, 0.2) is 40.8 Å². The summed E-state index contributed by atoms with van der Waals surface area (Å²) in [6.07, 6.45) is 0. The molecule has 4 heteroatoms. The molecule has 0 spiro atoms. The second kappa shape index (κ2) is 6.07. The van der Waals surface area contributed by atoms with Crippen LogP contribution in [0, 0.1) is 25.2 Å². The van der Waals surface area contributed by atoms with Crippen molar-refractivity contribution in [1.29, 1.82) is 5.26 Å². The van der Waals surface area contributed by atoms with Gasteiger partial charge in [0.1, 0.15) is 18.1 Å².